The molecule has 19 heavy (non-hydrogen) atoms. The predicted octanol–water partition coefficient (Wildman–Crippen LogP) is 3.24. The van der Waals surface area contributed by atoms with E-state index in [9.17, 15) is 0 Å². The third-order valence-corrected chi connectivity index (χ3v) is 2.70. The Morgan fingerprint density at radius 3 is 2.47 bits per heavy atom. The number of benzene rings is 1. The summed E-state index contributed by atoms with van der Waals surface area (Å²) in [5, 5.41) is 3.34. The number of aromatic nitrogens is 1. The van der Waals surface area contributed by atoms with Crippen LogP contribution in [0.15, 0.2) is 34.9 Å². The van der Waals surface area contributed by atoms with Crippen LogP contribution in [0.4, 0.5) is 0 Å². The predicted molar refractivity (Wildman–Crippen MR) is 75.1 cm³/mol. The summed E-state index contributed by atoms with van der Waals surface area (Å²) in [5.41, 5.74) is 1.05. The molecule has 0 bridgehead atoms. The zero-order chi connectivity index (χ0) is 13.9. The Bertz CT molecular complexity index is 524. The largest absolute Gasteiger partial charge is 0.497 e. The van der Waals surface area contributed by atoms with Crippen LogP contribution in [0.25, 0.3) is 11.3 Å². The summed E-state index contributed by atoms with van der Waals surface area (Å²) in [4.78, 5) is 4.28. The number of hydrogen-bond acceptors (Lipinski definition) is 4. The van der Waals surface area contributed by atoms with Crippen molar-refractivity contribution in [2.24, 2.45) is 0 Å². The van der Waals surface area contributed by atoms with E-state index in [0.717, 1.165) is 17.1 Å². The van der Waals surface area contributed by atoms with E-state index in [4.69, 9.17) is 9.15 Å². The molecule has 4 heteroatoms. The Kier molecular flexibility index (Phi) is 3.90. The van der Waals surface area contributed by atoms with Gasteiger partial charge in [-0.15, -0.1) is 0 Å². The van der Waals surface area contributed by atoms with Gasteiger partial charge in [0.1, 0.15) is 5.75 Å². The summed E-state index contributed by atoms with van der Waals surface area (Å²) in [7, 11) is 1.65. The first-order chi connectivity index (χ1) is 8.98. The number of ether oxygens (including phenoxy) is 1. The molecule has 1 N–H and O–H groups in total. The van der Waals surface area contributed by atoms with E-state index in [0.29, 0.717) is 12.4 Å². The van der Waals surface area contributed by atoms with Crippen molar-refractivity contribution in [3.8, 4) is 17.1 Å². The molecule has 4 nitrogen and oxygen atoms in total. The van der Waals surface area contributed by atoms with Crippen molar-refractivity contribution in [2.75, 3.05) is 7.11 Å². The van der Waals surface area contributed by atoms with Crippen molar-refractivity contribution in [3.63, 3.8) is 0 Å². The fraction of sp³-hybridized carbons (Fsp3) is 0.400. The highest BCUT2D eigenvalue weighted by Crippen LogP contribution is 2.23. The third kappa shape index (κ3) is 3.83. The number of methoxy groups -OCH3 is 1. The lowest BCUT2D eigenvalue weighted by Crippen LogP contribution is -2.35. The lowest BCUT2D eigenvalue weighted by atomic mass is 10.1. The fourth-order valence-corrected chi connectivity index (χ4v) is 1.62. The summed E-state index contributed by atoms with van der Waals surface area (Å²) < 4.78 is 10.9. The Labute approximate surface area is 113 Å². The van der Waals surface area contributed by atoms with Gasteiger partial charge in [0.05, 0.1) is 19.9 Å². The van der Waals surface area contributed by atoms with Gasteiger partial charge in [0.15, 0.2) is 5.76 Å². The highest BCUT2D eigenvalue weighted by Gasteiger charge is 2.11. The number of oxazole rings is 1. The van der Waals surface area contributed by atoms with E-state index in [1.165, 1.54) is 0 Å². The van der Waals surface area contributed by atoms with Gasteiger partial charge in [0.25, 0.3) is 0 Å². The van der Waals surface area contributed by atoms with Crippen molar-refractivity contribution in [2.45, 2.75) is 32.9 Å². The molecule has 0 aliphatic carbocycles. The van der Waals surface area contributed by atoms with Gasteiger partial charge >= 0.3 is 0 Å². The molecule has 0 saturated heterocycles. The maximum absolute atomic E-state index is 5.72. The molecule has 0 aliphatic heterocycles. The Morgan fingerprint density at radius 2 is 1.89 bits per heavy atom. The van der Waals surface area contributed by atoms with Crippen molar-refractivity contribution in [1.82, 2.24) is 10.3 Å². The maximum atomic E-state index is 5.72. The van der Waals surface area contributed by atoms with Crippen molar-refractivity contribution < 1.29 is 9.15 Å². The molecule has 2 rings (SSSR count). The van der Waals surface area contributed by atoms with Gasteiger partial charge in [0.2, 0.25) is 5.89 Å². The maximum Gasteiger partial charge on any atom is 0.208 e. The molecule has 0 saturated carbocycles. The SMILES string of the molecule is COc1ccc(-c2cnc(CNC(C)(C)C)o2)cc1. The first kappa shape index (κ1) is 13.6. The normalized spacial score (nSPS) is 11.6. The van der Waals surface area contributed by atoms with Crippen molar-refractivity contribution >= 4 is 0 Å². The van der Waals surface area contributed by atoms with Crippen LogP contribution in [0.5, 0.6) is 5.75 Å². The van der Waals surface area contributed by atoms with Crippen LogP contribution in [0.2, 0.25) is 0 Å². The van der Waals surface area contributed by atoms with Crippen LogP contribution in [0, 0.1) is 0 Å². The van der Waals surface area contributed by atoms with Gasteiger partial charge in [-0.25, -0.2) is 4.98 Å². The monoisotopic (exact) mass is 260 g/mol. The van der Waals surface area contributed by atoms with Crippen LogP contribution < -0.4 is 10.1 Å². The highest BCUT2D eigenvalue weighted by atomic mass is 16.5. The second kappa shape index (κ2) is 5.45. The zero-order valence-corrected chi connectivity index (χ0v) is 11.9. The molecule has 1 aromatic carbocycles. The third-order valence-electron chi connectivity index (χ3n) is 2.70. The minimum absolute atomic E-state index is 0.0503. The van der Waals surface area contributed by atoms with Crippen LogP contribution in [-0.4, -0.2) is 17.6 Å². The van der Waals surface area contributed by atoms with E-state index in [1.54, 1.807) is 13.3 Å². The Balaban J connectivity index is 2.07. The summed E-state index contributed by atoms with van der Waals surface area (Å²) in [6, 6.07) is 7.73. The lowest BCUT2D eigenvalue weighted by molar-refractivity contribution is 0.383. The summed E-state index contributed by atoms with van der Waals surface area (Å²) >= 11 is 0. The minimum Gasteiger partial charge on any atom is -0.497 e. The Hall–Kier alpha value is -1.81. The van der Waals surface area contributed by atoms with Crippen LogP contribution in [0.3, 0.4) is 0 Å². The summed E-state index contributed by atoms with van der Waals surface area (Å²) in [6.45, 7) is 6.96. The summed E-state index contributed by atoms with van der Waals surface area (Å²) in [5.74, 6) is 2.30. The van der Waals surface area contributed by atoms with Crippen LogP contribution in [0.1, 0.15) is 26.7 Å². The molecule has 0 amide bonds. The number of rotatable bonds is 4. The molecular weight excluding hydrogens is 240 g/mol. The highest BCUT2D eigenvalue weighted by molar-refractivity contribution is 5.57. The molecule has 1 heterocycles. The topological polar surface area (TPSA) is 47.3 Å². The van der Waals surface area contributed by atoms with E-state index >= 15 is 0 Å². The summed E-state index contributed by atoms with van der Waals surface area (Å²) in [6.07, 6.45) is 1.75. The lowest BCUT2D eigenvalue weighted by Gasteiger charge is -2.18. The molecule has 0 atom stereocenters. The average Bonchev–Trinajstić information content (AvgIpc) is 2.84. The van der Waals surface area contributed by atoms with Crippen molar-refractivity contribution in [3.05, 3.63) is 36.4 Å². The molecule has 0 radical (unpaired) electrons. The average molecular weight is 260 g/mol. The number of nitrogens with zero attached hydrogens (tertiary/aromatic N) is 1. The minimum atomic E-state index is 0.0503. The van der Waals surface area contributed by atoms with Gasteiger partial charge < -0.3 is 14.5 Å². The quantitative estimate of drug-likeness (QED) is 0.916. The second-order valence-electron chi connectivity index (χ2n) is 5.45. The Morgan fingerprint density at radius 1 is 1.21 bits per heavy atom. The molecule has 0 fully saturated rings. The first-order valence-electron chi connectivity index (χ1n) is 6.32. The van der Waals surface area contributed by atoms with Crippen molar-refractivity contribution in [1.29, 1.82) is 0 Å². The molecule has 102 valence electrons. The molecular formula is C15H20N2O2. The smallest absolute Gasteiger partial charge is 0.208 e. The number of hydrogen-bond donors (Lipinski definition) is 1. The van der Waals surface area contributed by atoms with E-state index in [1.807, 2.05) is 24.3 Å². The van der Waals surface area contributed by atoms with Crippen LogP contribution in [-0.2, 0) is 6.54 Å². The molecule has 2 aromatic rings. The molecule has 0 aliphatic rings. The van der Waals surface area contributed by atoms with Gasteiger partial charge in [0, 0.05) is 11.1 Å². The first-order valence-corrected chi connectivity index (χ1v) is 6.32. The van der Waals surface area contributed by atoms with E-state index in [2.05, 4.69) is 31.1 Å². The van der Waals surface area contributed by atoms with Gasteiger partial charge in [-0.3, -0.25) is 0 Å². The van der Waals surface area contributed by atoms with E-state index < -0.39 is 0 Å². The van der Waals surface area contributed by atoms with Crippen LogP contribution >= 0.6 is 0 Å². The molecule has 1 aromatic heterocycles. The van der Waals surface area contributed by atoms with E-state index in [-0.39, 0.29) is 5.54 Å². The van der Waals surface area contributed by atoms with Gasteiger partial charge in [-0.1, -0.05) is 0 Å². The molecule has 0 unspecified atom stereocenters. The zero-order valence-electron chi connectivity index (χ0n) is 11.9. The van der Waals surface area contributed by atoms with Gasteiger partial charge in [-0.05, 0) is 45.0 Å². The van der Waals surface area contributed by atoms with Gasteiger partial charge in [-0.2, -0.15) is 0 Å². The second-order valence-corrected chi connectivity index (χ2v) is 5.45. The molecule has 0 spiro atoms. The standard InChI is InChI=1S/C15H20N2O2/c1-15(2,3)17-10-14-16-9-13(19-14)11-5-7-12(18-4)8-6-11/h5-9,17H,10H2,1-4H3. The fourth-order valence-electron chi connectivity index (χ4n) is 1.62. The number of nitrogens with one attached hydrogen (secondary N) is 1.